The molecule has 3 N–H and O–H groups in total. The molecule has 0 radical (unpaired) electrons. The molecule has 4 nitrogen and oxygen atoms in total. The van der Waals surface area contributed by atoms with Crippen molar-refractivity contribution in [3.63, 3.8) is 0 Å². The Morgan fingerprint density at radius 3 is 2.58 bits per heavy atom. The lowest BCUT2D eigenvalue weighted by Gasteiger charge is -2.07. The van der Waals surface area contributed by atoms with Crippen LogP contribution in [0.2, 0.25) is 0 Å². The SMILES string of the molecule is CC(C)n1c(CN)n[nH]c1=S.Cl. The maximum atomic E-state index is 5.45. The molecule has 12 heavy (non-hydrogen) atoms. The zero-order valence-electron chi connectivity index (χ0n) is 7.07. The first-order chi connectivity index (χ1) is 5.16. The predicted molar refractivity (Wildman–Crippen MR) is 52.9 cm³/mol. The topological polar surface area (TPSA) is 59.6 Å². The average molecular weight is 209 g/mol. The van der Waals surface area contributed by atoms with Crippen molar-refractivity contribution in [2.75, 3.05) is 0 Å². The van der Waals surface area contributed by atoms with Crippen LogP contribution in [0.25, 0.3) is 0 Å². The highest BCUT2D eigenvalue weighted by atomic mass is 35.5. The van der Waals surface area contributed by atoms with E-state index in [0.29, 0.717) is 17.4 Å². The molecule has 70 valence electrons. The third kappa shape index (κ3) is 2.06. The van der Waals surface area contributed by atoms with E-state index < -0.39 is 0 Å². The highest BCUT2D eigenvalue weighted by molar-refractivity contribution is 7.71. The molecule has 0 fully saturated rings. The Morgan fingerprint density at radius 1 is 1.67 bits per heavy atom. The summed E-state index contributed by atoms with van der Waals surface area (Å²) in [5, 5.41) is 6.68. The molecule has 1 rings (SSSR count). The fraction of sp³-hybridized carbons (Fsp3) is 0.667. The van der Waals surface area contributed by atoms with Crippen molar-refractivity contribution >= 4 is 24.6 Å². The van der Waals surface area contributed by atoms with Gasteiger partial charge in [0.2, 0.25) is 0 Å². The Morgan fingerprint density at radius 2 is 2.25 bits per heavy atom. The summed E-state index contributed by atoms with van der Waals surface area (Å²) in [6, 6.07) is 0.319. The van der Waals surface area contributed by atoms with Crippen LogP contribution in [0.4, 0.5) is 0 Å². The molecule has 0 aliphatic rings. The summed E-state index contributed by atoms with van der Waals surface area (Å²) in [6.07, 6.45) is 0. The van der Waals surface area contributed by atoms with E-state index in [1.807, 2.05) is 18.4 Å². The molecule has 1 aromatic rings. The quantitative estimate of drug-likeness (QED) is 0.723. The maximum absolute atomic E-state index is 5.45. The Bertz CT molecular complexity index is 290. The van der Waals surface area contributed by atoms with Crippen LogP contribution in [-0.4, -0.2) is 14.8 Å². The Kier molecular flexibility index (Phi) is 4.44. The summed E-state index contributed by atoms with van der Waals surface area (Å²) in [4.78, 5) is 0. The number of halogens is 1. The van der Waals surface area contributed by atoms with Crippen LogP contribution in [0.3, 0.4) is 0 Å². The van der Waals surface area contributed by atoms with Crippen LogP contribution in [0, 0.1) is 4.77 Å². The lowest BCUT2D eigenvalue weighted by molar-refractivity contribution is 0.562. The fourth-order valence-corrected chi connectivity index (χ4v) is 1.38. The molecule has 0 aliphatic heterocycles. The molecular formula is C6H13ClN4S. The fourth-order valence-electron chi connectivity index (χ4n) is 1.01. The van der Waals surface area contributed by atoms with Gasteiger partial charge in [-0.25, -0.2) is 0 Å². The average Bonchev–Trinajstić information content (AvgIpc) is 2.30. The van der Waals surface area contributed by atoms with Gasteiger partial charge in [0.05, 0.1) is 6.54 Å². The largest absolute Gasteiger partial charge is 0.324 e. The maximum Gasteiger partial charge on any atom is 0.195 e. The molecule has 0 amide bonds. The van der Waals surface area contributed by atoms with E-state index in [4.69, 9.17) is 18.0 Å². The number of aromatic amines is 1. The van der Waals surface area contributed by atoms with Gasteiger partial charge in [0.1, 0.15) is 5.82 Å². The molecule has 0 atom stereocenters. The summed E-state index contributed by atoms with van der Waals surface area (Å²) in [5.41, 5.74) is 5.45. The van der Waals surface area contributed by atoms with Gasteiger partial charge >= 0.3 is 0 Å². The summed E-state index contributed by atoms with van der Waals surface area (Å²) in [7, 11) is 0. The molecule has 0 saturated heterocycles. The minimum Gasteiger partial charge on any atom is -0.324 e. The first-order valence-corrected chi connectivity index (χ1v) is 3.93. The smallest absolute Gasteiger partial charge is 0.195 e. The van der Waals surface area contributed by atoms with E-state index in [0.717, 1.165) is 5.82 Å². The lowest BCUT2D eigenvalue weighted by atomic mass is 10.4. The van der Waals surface area contributed by atoms with E-state index in [-0.39, 0.29) is 12.4 Å². The van der Waals surface area contributed by atoms with Crippen molar-refractivity contribution in [3.05, 3.63) is 10.6 Å². The number of H-pyrrole nitrogens is 1. The summed E-state index contributed by atoms with van der Waals surface area (Å²) >= 11 is 5.00. The molecule has 0 aromatic carbocycles. The standard InChI is InChI=1S/C6H12N4S.ClH/c1-4(2)10-5(3-7)8-9-6(10)11;/h4H,3,7H2,1-2H3,(H,9,11);1H. The summed E-state index contributed by atoms with van der Waals surface area (Å²) in [5.74, 6) is 0.810. The molecule has 0 unspecified atom stereocenters. The van der Waals surface area contributed by atoms with Crippen LogP contribution in [0.1, 0.15) is 25.7 Å². The Hall–Kier alpha value is -0.390. The molecule has 6 heteroatoms. The monoisotopic (exact) mass is 208 g/mol. The normalized spacial score (nSPS) is 10.0. The number of nitrogens with zero attached hydrogens (tertiary/aromatic N) is 2. The number of nitrogens with one attached hydrogen (secondary N) is 1. The predicted octanol–water partition coefficient (Wildman–Crippen LogP) is 1.40. The van der Waals surface area contributed by atoms with Crippen LogP contribution in [0.15, 0.2) is 0 Å². The molecule has 1 aromatic heterocycles. The van der Waals surface area contributed by atoms with Crippen molar-refractivity contribution in [1.82, 2.24) is 14.8 Å². The van der Waals surface area contributed by atoms with Gasteiger partial charge in [-0.2, -0.15) is 5.10 Å². The molecule has 0 saturated carbocycles. The third-order valence-electron chi connectivity index (χ3n) is 1.48. The number of hydrogen-bond acceptors (Lipinski definition) is 3. The summed E-state index contributed by atoms with van der Waals surface area (Å²) < 4.78 is 2.55. The number of aromatic nitrogens is 3. The van der Waals surface area contributed by atoms with Crippen molar-refractivity contribution in [3.8, 4) is 0 Å². The van der Waals surface area contributed by atoms with Gasteiger partial charge in [0, 0.05) is 6.04 Å². The highest BCUT2D eigenvalue weighted by Gasteiger charge is 2.05. The highest BCUT2D eigenvalue weighted by Crippen LogP contribution is 2.06. The molecule has 0 aliphatic carbocycles. The van der Waals surface area contributed by atoms with Gasteiger partial charge in [-0.05, 0) is 26.1 Å². The first-order valence-electron chi connectivity index (χ1n) is 3.52. The van der Waals surface area contributed by atoms with Crippen LogP contribution in [0.5, 0.6) is 0 Å². The van der Waals surface area contributed by atoms with Gasteiger partial charge in [-0.1, -0.05) is 0 Å². The van der Waals surface area contributed by atoms with Gasteiger partial charge in [0.25, 0.3) is 0 Å². The third-order valence-corrected chi connectivity index (χ3v) is 1.76. The lowest BCUT2D eigenvalue weighted by Crippen LogP contribution is -2.10. The van der Waals surface area contributed by atoms with E-state index in [9.17, 15) is 0 Å². The molecule has 0 spiro atoms. The van der Waals surface area contributed by atoms with E-state index in [1.54, 1.807) is 0 Å². The summed E-state index contributed by atoms with van der Waals surface area (Å²) in [6.45, 7) is 4.51. The van der Waals surface area contributed by atoms with Gasteiger partial charge in [-0.15, -0.1) is 12.4 Å². The second kappa shape index (κ2) is 4.59. The van der Waals surface area contributed by atoms with Crippen LogP contribution in [-0.2, 0) is 6.54 Å². The molecule has 0 bridgehead atoms. The first kappa shape index (κ1) is 11.6. The van der Waals surface area contributed by atoms with Crippen molar-refractivity contribution in [1.29, 1.82) is 0 Å². The van der Waals surface area contributed by atoms with Crippen molar-refractivity contribution in [2.45, 2.75) is 26.4 Å². The van der Waals surface area contributed by atoms with Gasteiger partial charge in [0.15, 0.2) is 4.77 Å². The minimum absolute atomic E-state index is 0. The van der Waals surface area contributed by atoms with Gasteiger partial charge < -0.3 is 10.3 Å². The van der Waals surface area contributed by atoms with Crippen LogP contribution >= 0.6 is 24.6 Å². The zero-order valence-corrected chi connectivity index (χ0v) is 8.71. The Labute approximate surface area is 82.6 Å². The number of hydrogen-bond donors (Lipinski definition) is 2. The zero-order chi connectivity index (χ0) is 8.43. The molecular weight excluding hydrogens is 196 g/mol. The van der Waals surface area contributed by atoms with Crippen molar-refractivity contribution in [2.24, 2.45) is 5.73 Å². The number of rotatable bonds is 2. The van der Waals surface area contributed by atoms with Crippen LogP contribution < -0.4 is 5.73 Å². The van der Waals surface area contributed by atoms with E-state index in [2.05, 4.69) is 10.2 Å². The Balaban J connectivity index is 0.00000121. The van der Waals surface area contributed by atoms with E-state index in [1.165, 1.54) is 0 Å². The second-order valence-corrected chi connectivity index (χ2v) is 3.00. The van der Waals surface area contributed by atoms with Gasteiger partial charge in [-0.3, -0.25) is 5.10 Å². The minimum atomic E-state index is 0. The number of nitrogens with two attached hydrogens (primary N) is 1. The van der Waals surface area contributed by atoms with E-state index >= 15 is 0 Å². The second-order valence-electron chi connectivity index (χ2n) is 2.61. The molecule has 1 heterocycles. The van der Waals surface area contributed by atoms with Crippen molar-refractivity contribution < 1.29 is 0 Å².